The number of benzene rings is 1. The summed E-state index contributed by atoms with van der Waals surface area (Å²) in [6.45, 7) is 3.72. The van der Waals surface area contributed by atoms with Crippen LogP contribution in [0.1, 0.15) is 24.2 Å². The zero-order valence-electron chi connectivity index (χ0n) is 8.91. The van der Waals surface area contributed by atoms with Crippen LogP contribution in [0, 0.1) is 5.82 Å². The van der Waals surface area contributed by atoms with E-state index < -0.39 is 0 Å². The molecule has 0 aliphatic carbocycles. The molecule has 2 nitrogen and oxygen atoms in total. The van der Waals surface area contributed by atoms with E-state index in [9.17, 15) is 9.18 Å². The van der Waals surface area contributed by atoms with Gasteiger partial charge in [-0.15, -0.1) is 11.8 Å². The van der Waals surface area contributed by atoms with Crippen molar-refractivity contribution in [2.75, 3.05) is 6.26 Å². The maximum absolute atomic E-state index is 13.3. The smallest absolute Gasteiger partial charge is 0.155 e. The van der Waals surface area contributed by atoms with E-state index in [1.165, 1.54) is 23.9 Å². The van der Waals surface area contributed by atoms with Crippen LogP contribution in [-0.2, 0) is 0 Å². The molecule has 0 heterocycles. The Morgan fingerprint density at radius 1 is 1.47 bits per heavy atom. The van der Waals surface area contributed by atoms with Crippen molar-refractivity contribution in [3.8, 4) is 5.75 Å². The SMILES string of the molecule is CSc1c(F)ccc(OC(C)C)c1C=O. The highest BCUT2D eigenvalue weighted by molar-refractivity contribution is 7.98. The molecular formula is C11H13FO2S. The normalized spacial score (nSPS) is 10.5. The van der Waals surface area contributed by atoms with E-state index in [-0.39, 0.29) is 17.5 Å². The molecule has 1 aromatic carbocycles. The predicted octanol–water partition coefficient (Wildman–Crippen LogP) is 3.15. The highest BCUT2D eigenvalue weighted by Gasteiger charge is 2.14. The van der Waals surface area contributed by atoms with Gasteiger partial charge in [0.1, 0.15) is 11.6 Å². The first-order valence-electron chi connectivity index (χ1n) is 4.58. The van der Waals surface area contributed by atoms with Crippen LogP contribution in [0.3, 0.4) is 0 Å². The largest absolute Gasteiger partial charge is 0.490 e. The van der Waals surface area contributed by atoms with Crippen molar-refractivity contribution in [3.63, 3.8) is 0 Å². The number of carbonyl (C=O) groups excluding carboxylic acids is 1. The molecule has 0 amide bonds. The van der Waals surface area contributed by atoms with E-state index in [1.54, 1.807) is 6.26 Å². The van der Waals surface area contributed by atoms with Gasteiger partial charge in [-0.2, -0.15) is 0 Å². The first kappa shape index (κ1) is 12.0. The van der Waals surface area contributed by atoms with E-state index >= 15 is 0 Å². The van der Waals surface area contributed by atoms with Crippen molar-refractivity contribution in [1.82, 2.24) is 0 Å². The fourth-order valence-corrected chi connectivity index (χ4v) is 1.86. The molecule has 1 rings (SSSR count). The van der Waals surface area contributed by atoms with Crippen LogP contribution >= 0.6 is 11.8 Å². The average molecular weight is 228 g/mol. The summed E-state index contributed by atoms with van der Waals surface area (Å²) in [7, 11) is 0. The lowest BCUT2D eigenvalue weighted by molar-refractivity contribution is 0.111. The fraction of sp³-hybridized carbons (Fsp3) is 0.364. The second kappa shape index (κ2) is 5.16. The summed E-state index contributed by atoms with van der Waals surface area (Å²) >= 11 is 1.20. The lowest BCUT2D eigenvalue weighted by Gasteiger charge is -2.13. The zero-order chi connectivity index (χ0) is 11.4. The number of aldehydes is 1. The molecule has 0 saturated heterocycles. The third kappa shape index (κ3) is 2.72. The minimum atomic E-state index is -0.388. The van der Waals surface area contributed by atoms with Gasteiger partial charge in [0.25, 0.3) is 0 Å². The fourth-order valence-electron chi connectivity index (χ4n) is 1.23. The number of thioether (sulfide) groups is 1. The quantitative estimate of drug-likeness (QED) is 0.585. The van der Waals surface area contributed by atoms with E-state index in [1.807, 2.05) is 13.8 Å². The summed E-state index contributed by atoms with van der Waals surface area (Å²) < 4.78 is 18.7. The maximum Gasteiger partial charge on any atom is 0.155 e. The van der Waals surface area contributed by atoms with E-state index in [0.717, 1.165) is 0 Å². The Morgan fingerprint density at radius 3 is 2.60 bits per heavy atom. The minimum Gasteiger partial charge on any atom is -0.490 e. The Kier molecular flexibility index (Phi) is 4.15. The summed E-state index contributed by atoms with van der Waals surface area (Å²) in [6, 6.07) is 2.80. The molecule has 1 aromatic rings. The second-order valence-electron chi connectivity index (χ2n) is 3.28. The molecule has 0 bridgehead atoms. The lowest BCUT2D eigenvalue weighted by atomic mass is 10.2. The number of rotatable bonds is 4. The van der Waals surface area contributed by atoms with E-state index in [0.29, 0.717) is 16.9 Å². The van der Waals surface area contributed by atoms with E-state index in [2.05, 4.69) is 0 Å². The van der Waals surface area contributed by atoms with Gasteiger partial charge in [0.2, 0.25) is 0 Å². The Labute approximate surface area is 92.8 Å². The molecule has 0 saturated carbocycles. The molecular weight excluding hydrogens is 215 g/mol. The third-order valence-electron chi connectivity index (χ3n) is 1.79. The molecule has 0 atom stereocenters. The van der Waals surface area contributed by atoms with Gasteiger partial charge >= 0.3 is 0 Å². The van der Waals surface area contributed by atoms with Gasteiger partial charge in [-0.1, -0.05) is 0 Å². The Morgan fingerprint density at radius 2 is 2.13 bits per heavy atom. The lowest BCUT2D eigenvalue weighted by Crippen LogP contribution is -2.08. The number of hydrogen-bond donors (Lipinski definition) is 0. The molecule has 0 spiro atoms. The minimum absolute atomic E-state index is 0.0381. The zero-order valence-corrected chi connectivity index (χ0v) is 9.73. The first-order valence-corrected chi connectivity index (χ1v) is 5.81. The van der Waals surface area contributed by atoms with Gasteiger partial charge in [-0.25, -0.2) is 4.39 Å². The molecule has 0 aliphatic heterocycles. The first-order chi connectivity index (χ1) is 7.10. The van der Waals surface area contributed by atoms with Gasteiger partial charge < -0.3 is 4.74 Å². The number of halogens is 1. The van der Waals surface area contributed by atoms with Gasteiger partial charge in [-0.3, -0.25) is 4.79 Å². The van der Waals surface area contributed by atoms with Crippen molar-refractivity contribution >= 4 is 18.0 Å². The number of ether oxygens (including phenoxy) is 1. The summed E-state index contributed by atoms with van der Waals surface area (Å²) in [5.41, 5.74) is 0.288. The Hall–Kier alpha value is -1.03. The average Bonchev–Trinajstić information content (AvgIpc) is 2.19. The highest BCUT2D eigenvalue weighted by Crippen LogP contribution is 2.30. The molecule has 0 N–H and O–H groups in total. The standard InChI is InChI=1S/C11H13FO2S/c1-7(2)14-10-5-4-9(12)11(15-3)8(10)6-13/h4-7H,1-3H3. The van der Waals surface area contributed by atoms with Crippen LogP contribution in [0.4, 0.5) is 4.39 Å². The van der Waals surface area contributed by atoms with Gasteiger partial charge in [0, 0.05) is 0 Å². The maximum atomic E-state index is 13.3. The van der Waals surface area contributed by atoms with Crippen molar-refractivity contribution < 1.29 is 13.9 Å². The third-order valence-corrected chi connectivity index (χ3v) is 2.62. The molecule has 0 unspecified atom stereocenters. The molecule has 0 aromatic heterocycles. The highest BCUT2D eigenvalue weighted by atomic mass is 32.2. The van der Waals surface area contributed by atoms with Crippen molar-refractivity contribution in [1.29, 1.82) is 0 Å². The Bertz CT molecular complexity index is 364. The van der Waals surface area contributed by atoms with Gasteiger partial charge in [0.05, 0.1) is 16.6 Å². The summed E-state index contributed by atoms with van der Waals surface area (Å²) in [6.07, 6.45) is 2.32. The van der Waals surface area contributed by atoms with Crippen LogP contribution in [0.2, 0.25) is 0 Å². The number of hydrogen-bond acceptors (Lipinski definition) is 3. The summed E-state index contributed by atoms with van der Waals surface area (Å²) in [5.74, 6) is 0.0476. The Balaban J connectivity index is 3.22. The second-order valence-corrected chi connectivity index (χ2v) is 4.09. The van der Waals surface area contributed by atoms with Crippen LogP contribution < -0.4 is 4.74 Å². The van der Waals surface area contributed by atoms with Crippen LogP contribution in [0.5, 0.6) is 5.75 Å². The summed E-state index contributed by atoms with van der Waals surface area (Å²) in [4.78, 5) is 11.2. The monoisotopic (exact) mass is 228 g/mol. The van der Waals surface area contributed by atoms with Crippen molar-refractivity contribution in [3.05, 3.63) is 23.5 Å². The molecule has 0 fully saturated rings. The van der Waals surface area contributed by atoms with Crippen LogP contribution in [0.15, 0.2) is 17.0 Å². The van der Waals surface area contributed by atoms with Crippen molar-refractivity contribution in [2.24, 2.45) is 0 Å². The van der Waals surface area contributed by atoms with Crippen LogP contribution in [0.25, 0.3) is 0 Å². The molecule has 4 heteroatoms. The topological polar surface area (TPSA) is 26.3 Å². The molecule has 15 heavy (non-hydrogen) atoms. The van der Waals surface area contributed by atoms with Crippen LogP contribution in [-0.4, -0.2) is 18.6 Å². The van der Waals surface area contributed by atoms with Crippen molar-refractivity contribution in [2.45, 2.75) is 24.8 Å². The van der Waals surface area contributed by atoms with Gasteiger partial charge in [0.15, 0.2) is 6.29 Å². The van der Waals surface area contributed by atoms with E-state index in [4.69, 9.17) is 4.74 Å². The van der Waals surface area contributed by atoms with Gasteiger partial charge in [-0.05, 0) is 32.2 Å². The number of carbonyl (C=O) groups is 1. The predicted molar refractivity (Wildman–Crippen MR) is 59.3 cm³/mol. The molecule has 0 radical (unpaired) electrons. The molecule has 82 valence electrons. The summed E-state index contributed by atoms with van der Waals surface area (Å²) in [5, 5.41) is 0. The molecule has 0 aliphatic rings.